The predicted molar refractivity (Wildman–Crippen MR) is 73.2 cm³/mol. The first-order valence-electron chi connectivity index (χ1n) is 5.40. The number of nitrogen functional groups attached to an aromatic ring is 1. The monoisotopic (exact) mass is 277 g/mol. The molecule has 2 aromatic rings. The van der Waals surface area contributed by atoms with Crippen molar-refractivity contribution in [2.45, 2.75) is 0 Å². The Labute approximate surface area is 109 Å². The molecule has 0 unspecified atom stereocenters. The Morgan fingerprint density at radius 1 is 0.895 bits per heavy atom. The lowest BCUT2D eigenvalue weighted by Crippen LogP contribution is -2.03. The topological polar surface area (TPSA) is 108 Å². The van der Waals surface area contributed by atoms with Crippen LogP contribution in [-0.4, -0.2) is 9.79 Å². The Kier molecular flexibility index (Phi) is 3.76. The molecule has 98 valence electrons. The Morgan fingerprint density at radius 2 is 1.42 bits per heavy atom. The van der Waals surface area contributed by atoms with Gasteiger partial charge in [-0.3, -0.25) is 4.57 Å². The Balaban J connectivity index is 2.40. The van der Waals surface area contributed by atoms with E-state index in [1.54, 1.807) is 30.3 Å². The highest BCUT2D eigenvalue weighted by molar-refractivity contribution is 7.60. The average Bonchev–Trinajstić information content (AvgIpc) is 2.37. The van der Waals surface area contributed by atoms with Gasteiger partial charge in [-0.15, -0.1) is 10.2 Å². The zero-order valence-electron chi connectivity index (χ0n) is 9.84. The second-order valence-corrected chi connectivity index (χ2v) is 5.36. The normalized spacial score (nSPS) is 11.9. The SMILES string of the molecule is Nc1ccccc1N=Nc1ccccc1P(=O)(O)O. The molecule has 0 saturated heterocycles. The highest BCUT2D eigenvalue weighted by Crippen LogP contribution is 2.37. The van der Waals surface area contributed by atoms with Crippen molar-refractivity contribution >= 4 is 30.0 Å². The molecule has 0 aliphatic carbocycles. The fraction of sp³-hybridized carbons (Fsp3) is 0. The third-order valence-corrected chi connectivity index (χ3v) is 3.40. The molecule has 4 N–H and O–H groups in total. The van der Waals surface area contributed by atoms with Gasteiger partial charge in [0.2, 0.25) is 0 Å². The Hall–Kier alpha value is -2.01. The summed E-state index contributed by atoms with van der Waals surface area (Å²) in [5.41, 5.74) is 6.72. The Bertz CT molecular complexity index is 667. The molecule has 19 heavy (non-hydrogen) atoms. The second kappa shape index (κ2) is 5.32. The smallest absolute Gasteiger partial charge is 0.358 e. The van der Waals surface area contributed by atoms with Gasteiger partial charge in [-0.2, -0.15) is 0 Å². The molecule has 0 heterocycles. The van der Waals surface area contributed by atoms with Crippen LogP contribution in [0.1, 0.15) is 0 Å². The number of hydrogen-bond acceptors (Lipinski definition) is 4. The maximum Gasteiger partial charge on any atom is 0.358 e. The molecule has 0 atom stereocenters. The molecular formula is C12H12N3O3P. The summed E-state index contributed by atoms with van der Waals surface area (Å²) in [5, 5.41) is 7.60. The van der Waals surface area contributed by atoms with Crippen LogP contribution in [0.15, 0.2) is 58.8 Å². The Morgan fingerprint density at radius 3 is 2.05 bits per heavy atom. The van der Waals surface area contributed by atoms with Gasteiger partial charge in [-0.1, -0.05) is 24.3 Å². The minimum Gasteiger partial charge on any atom is -0.397 e. The highest BCUT2D eigenvalue weighted by Gasteiger charge is 2.20. The number of benzene rings is 2. The summed E-state index contributed by atoms with van der Waals surface area (Å²) < 4.78 is 11.3. The quantitative estimate of drug-likeness (QED) is 0.455. The second-order valence-electron chi connectivity index (χ2n) is 3.79. The van der Waals surface area contributed by atoms with Crippen molar-refractivity contribution in [1.29, 1.82) is 0 Å². The van der Waals surface area contributed by atoms with Crippen LogP contribution in [0.4, 0.5) is 17.1 Å². The van der Waals surface area contributed by atoms with Gasteiger partial charge in [0.25, 0.3) is 0 Å². The fourth-order valence-corrected chi connectivity index (χ4v) is 2.18. The summed E-state index contributed by atoms with van der Waals surface area (Å²) in [6.07, 6.45) is 0. The molecule has 0 aromatic heterocycles. The van der Waals surface area contributed by atoms with Crippen LogP contribution in [0.25, 0.3) is 0 Å². The van der Waals surface area contributed by atoms with E-state index in [1.165, 1.54) is 18.2 Å². The summed E-state index contributed by atoms with van der Waals surface area (Å²) >= 11 is 0. The number of anilines is 1. The molecule has 2 rings (SSSR count). The third-order valence-electron chi connectivity index (χ3n) is 2.40. The van der Waals surface area contributed by atoms with Crippen molar-refractivity contribution in [1.82, 2.24) is 0 Å². The van der Waals surface area contributed by atoms with E-state index in [2.05, 4.69) is 10.2 Å². The molecule has 0 radical (unpaired) electrons. The minimum atomic E-state index is -4.37. The van der Waals surface area contributed by atoms with Crippen LogP contribution in [-0.2, 0) is 4.57 Å². The minimum absolute atomic E-state index is 0.124. The van der Waals surface area contributed by atoms with Gasteiger partial charge < -0.3 is 15.5 Å². The van der Waals surface area contributed by atoms with E-state index in [0.717, 1.165) is 0 Å². The van der Waals surface area contributed by atoms with E-state index >= 15 is 0 Å². The van der Waals surface area contributed by atoms with Crippen LogP contribution in [0.2, 0.25) is 0 Å². The lowest BCUT2D eigenvalue weighted by Gasteiger charge is -2.06. The standard InChI is InChI=1S/C12H12N3O3P/c13-9-5-1-2-6-10(9)14-15-11-7-3-4-8-12(11)19(16,17)18/h1-8H,13H2,(H2,16,17,18). The van der Waals surface area contributed by atoms with E-state index < -0.39 is 7.60 Å². The van der Waals surface area contributed by atoms with Crippen LogP contribution in [0, 0.1) is 0 Å². The first-order valence-corrected chi connectivity index (χ1v) is 7.01. The van der Waals surface area contributed by atoms with Crippen molar-refractivity contribution in [2.75, 3.05) is 5.73 Å². The van der Waals surface area contributed by atoms with E-state index in [4.69, 9.17) is 5.73 Å². The zero-order valence-corrected chi connectivity index (χ0v) is 10.7. The molecule has 7 heteroatoms. The van der Waals surface area contributed by atoms with E-state index in [9.17, 15) is 14.4 Å². The molecule has 0 aliphatic heterocycles. The number of hydrogen-bond donors (Lipinski definition) is 3. The number of nitrogens with two attached hydrogens (primary N) is 1. The van der Waals surface area contributed by atoms with Crippen LogP contribution < -0.4 is 11.0 Å². The van der Waals surface area contributed by atoms with Crippen molar-refractivity contribution in [2.24, 2.45) is 10.2 Å². The predicted octanol–water partition coefficient (Wildman–Crippen LogP) is 2.49. The van der Waals surface area contributed by atoms with Crippen LogP contribution >= 0.6 is 7.60 Å². The maximum absolute atomic E-state index is 11.3. The number of azo groups is 1. The molecule has 0 saturated carbocycles. The summed E-state index contributed by atoms with van der Waals surface area (Å²) in [5.74, 6) is 0. The average molecular weight is 277 g/mol. The van der Waals surface area contributed by atoms with Crippen molar-refractivity contribution in [3.63, 3.8) is 0 Å². The molecule has 0 bridgehead atoms. The van der Waals surface area contributed by atoms with Crippen molar-refractivity contribution in [3.05, 3.63) is 48.5 Å². The molecule has 0 aliphatic rings. The summed E-state index contributed by atoms with van der Waals surface area (Å²) in [6, 6.07) is 12.8. The largest absolute Gasteiger partial charge is 0.397 e. The zero-order chi connectivity index (χ0) is 13.9. The molecule has 0 fully saturated rings. The maximum atomic E-state index is 11.3. The molecular weight excluding hydrogens is 265 g/mol. The fourth-order valence-electron chi connectivity index (χ4n) is 1.48. The van der Waals surface area contributed by atoms with E-state index in [0.29, 0.717) is 11.4 Å². The molecule has 2 aromatic carbocycles. The van der Waals surface area contributed by atoms with Crippen LogP contribution in [0.5, 0.6) is 0 Å². The number of para-hydroxylation sites is 1. The first-order chi connectivity index (χ1) is 8.98. The first kappa shape index (κ1) is 13.4. The summed E-state index contributed by atoms with van der Waals surface area (Å²) in [6.45, 7) is 0. The summed E-state index contributed by atoms with van der Waals surface area (Å²) in [4.78, 5) is 18.4. The van der Waals surface area contributed by atoms with E-state index in [-0.39, 0.29) is 11.0 Å². The third kappa shape index (κ3) is 3.26. The molecule has 6 nitrogen and oxygen atoms in total. The number of nitrogens with zero attached hydrogens (tertiary/aromatic N) is 2. The summed E-state index contributed by atoms with van der Waals surface area (Å²) in [7, 11) is -4.37. The van der Waals surface area contributed by atoms with Gasteiger partial charge in [-0.25, -0.2) is 0 Å². The molecule has 0 amide bonds. The van der Waals surface area contributed by atoms with E-state index in [1.807, 2.05) is 0 Å². The van der Waals surface area contributed by atoms with Gasteiger partial charge in [0.15, 0.2) is 0 Å². The van der Waals surface area contributed by atoms with Gasteiger partial charge in [0, 0.05) is 0 Å². The lowest BCUT2D eigenvalue weighted by atomic mass is 10.3. The van der Waals surface area contributed by atoms with Gasteiger partial charge in [0.1, 0.15) is 11.4 Å². The van der Waals surface area contributed by atoms with Crippen molar-refractivity contribution in [3.8, 4) is 0 Å². The van der Waals surface area contributed by atoms with Crippen molar-refractivity contribution < 1.29 is 14.4 Å². The van der Waals surface area contributed by atoms with Gasteiger partial charge in [0.05, 0.1) is 11.0 Å². The number of rotatable bonds is 3. The van der Waals surface area contributed by atoms with Crippen LogP contribution in [0.3, 0.4) is 0 Å². The van der Waals surface area contributed by atoms with Gasteiger partial charge in [-0.05, 0) is 24.3 Å². The molecule has 0 spiro atoms. The highest BCUT2D eigenvalue weighted by atomic mass is 31.2. The lowest BCUT2D eigenvalue weighted by molar-refractivity contribution is 0.387. The van der Waals surface area contributed by atoms with Gasteiger partial charge >= 0.3 is 7.60 Å².